The zero-order valence-electron chi connectivity index (χ0n) is 21.1. The molecular weight excluding hydrogens is 484 g/mol. The smallest absolute Gasteiger partial charge is 0.298 e. The highest BCUT2D eigenvalue weighted by Gasteiger charge is 2.23. The van der Waals surface area contributed by atoms with Gasteiger partial charge < -0.3 is 14.4 Å². The molecule has 0 atom stereocenters. The molecule has 1 fully saturated rings. The van der Waals surface area contributed by atoms with Gasteiger partial charge in [0.1, 0.15) is 11.5 Å². The first-order valence-corrected chi connectivity index (χ1v) is 13.1. The molecule has 1 saturated heterocycles. The largest absolute Gasteiger partial charge is 0.497 e. The average Bonchev–Trinajstić information content (AvgIpc) is 3.37. The third-order valence-corrected chi connectivity index (χ3v) is 7.12. The number of nitrogens with zero attached hydrogens (tertiary/aromatic N) is 4. The summed E-state index contributed by atoms with van der Waals surface area (Å²) in [5.41, 5.74) is 3.93. The van der Waals surface area contributed by atoms with Crippen LogP contribution >= 0.6 is 11.5 Å². The Morgan fingerprint density at radius 1 is 0.946 bits per heavy atom. The lowest BCUT2D eigenvalue weighted by Gasteiger charge is -2.34. The average molecular weight is 515 g/mol. The van der Waals surface area contributed by atoms with E-state index in [2.05, 4.69) is 38.5 Å². The molecule has 190 valence electrons. The van der Waals surface area contributed by atoms with Crippen LogP contribution in [0.25, 0.3) is 0 Å². The minimum absolute atomic E-state index is 0.0280. The first kappa shape index (κ1) is 24.9. The second kappa shape index (κ2) is 11.5. The van der Waals surface area contributed by atoms with Crippen LogP contribution in [0.2, 0.25) is 0 Å². The first-order valence-electron chi connectivity index (χ1n) is 12.4. The van der Waals surface area contributed by atoms with Gasteiger partial charge >= 0.3 is 0 Å². The molecule has 1 aliphatic rings. The molecule has 37 heavy (non-hydrogen) atoms. The molecule has 1 amide bonds. The van der Waals surface area contributed by atoms with Crippen molar-refractivity contribution in [2.45, 2.75) is 19.9 Å². The van der Waals surface area contributed by atoms with Crippen molar-refractivity contribution in [3.05, 3.63) is 101 Å². The fourth-order valence-electron chi connectivity index (χ4n) is 4.39. The molecule has 5 rings (SSSR count). The maximum Gasteiger partial charge on any atom is 0.298 e. The highest BCUT2D eigenvalue weighted by atomic mass is 32.1. The Morgan fingerprint density at radius 2 is 1.73 bits per heavy atom. The van der Waals surface area contributed by atoms with Crippen LogP contribution in [0.5, 0.6) is 16.7 Å². The van der Waals surface area contributed by atoms with Gasteiger partial charge in [0, 0.05) is 56.2 Å². The van der Waals surface area contributed by atoms with Crippen LogP contribution in [-0.2, 0) is 13.0 Å². The van der Waals surface area contributed by atoms with E-state index < -0.39 is 0 Å². The Kier molecular flexibility index (Phi) is 7.77. The lowest BCUT2D eigenvalue weighted by Crippen LogP contribution is -2.48. The number of methoxy groups -OCH3 is 1. The predicted molar refractivity (Wildman–Crippen MR) is 145 cm³/mol. The number of carbonyl (C=O) groups is 1. The Morgan fingerprint density at radius 3 is 2.51 bits per heavy atom. The highest BCUT2D eigenvalue weighted by molar-refractivity contribution is 7.07. The molecule has 1 aliphatic heterocycles. The molecule has 0 spiro atoms. The van der Waals surface area contributed by atoms with Gasteiger partial charge in [-0.3, -0.25) is 9.69 Å². The van der Waals surface area contributed by atoms with Gasteiger partial charge in [-0.15, -0.1) is 0 Å². The molecule has 0 saturated carbocycles. The molecule has 4 aromatic rings. The Bertz CT molecular complexity index is 1350. The van der Waals surface area contributed by atoms with Crippen LogP contribution in [0.3, 0.4) is 0 Å². The number of ether oxygens (including phenoxy) is 2. The van der Waals surface area contributed by atoms with Gasteiger partial charge in [-0.2, -0.15) is 9.36 Å². The molecule has 7 nitrogen and oxygen atoms in total. The minimum atomic E-state index is 0.0280. The van der Waals surface area contributed by atoms with Crippen molar-refractivity contribution in [3.8, 4) is 16.7 Å². The fraction of sp³-hybridized carbons (Fsp3) is 0.276. The molecule has 0 N–H and O–H groups in total. The van der Waals surface area contributed by atoms with E-state index in [1.165, 1.54) is 17.1 Å². The summed E-state index contributed by atoms with van der Waals surface area (Å²) >= 11 is 1.21. The van der Waals surface area contributed by atoms with Crippen molar-refractivity contribution < 1.29 is 14.3 Å². The monoisotopic (exact) mass is 514 g/mol. The molecule has 0 bridgehead atoms. The second-order valence-electron chi connectivity index (χ2n) is 9.14. The van der Waals surface area contributed by atoms with E-state index in [0.717, 1.165) is 36.5 Å². The molecule has 3 aromatic carbocycles. The predicted octanol–water partition coefficient (Wildman–Crippen LogP) is 5.20. The van der Waals surface area contributed by atoms with Crippen LogP contribution in [0, 0.1) is 6.92 Å². The lowest BCUT2D eigenvalue weighted by atomic mass is 10.1. The topological polar surface area (TPSA) is 67.8 Å². The number of amides is 1. The third kappa shape index (κ3) is 6.34. The number of aryl methyl sites for hydroxylation is 1. The Labute approximate surface area is 221 Å². The van der Waals surface area contributed by atoms with Crippen molar-refractivity contribution in [2.24, 2.45) is 0 Å². The summed E-state index contributed by atoms with van der Waals surface area (Å²) in [6.45, 7) is 6.00. The van der Waals surface area contributed by atoms with Crippen molar-refractivity contribution in [1.29, 1.82) is 0 Å². The van der Waals surface area contributed by atoms with Crippen LogP contribution in [0.15, 0.2) is 72.8 Å². The number of carbonyl (C=O) groups excluding carboxylic acids is 1. The standard InChI is InChI=1S/C29H30N4O3S/c1-21-11-12-24(28(34)33-15-13-32(14-16-33)20-22-7-4-3-5-8-22)19-26(21)36-29-30-27(31-37-29)18-23-9-6-10-25(17-23)35-2/h3-12,17,19H,13-16,18,20H2,1-2H3. The van der Waals surface area contributed by atoms with E-state index in [0.29, 0.717) is 41.8 Å². The SMILES string of the molecule is COc1cccc(Cc2nsc(Oc3cc(C(=O)N4CCN(Cc5ccccc5)CC4)ccc3C)n2)c1. The van der Waals surface area contributed by atoms with Crippen molar-refractivity contribution in [3.63, 3.8) is 0 Å². The van der Waals surface area contributed by atoms with Gasteiger partial charge in [0.2, 0.25) is 0 Å². The minimum Gasteiger partial charge on any atom is -0.497 e. The molecule has 8 heteroatoms. The van der Waals surface area contributed by atoms with Gasteiger partial charge in [0.05, 0.1) is 7.11 Å². The van der Waals surface area contributed by atoms with E-state index in [4.69, 9.17) is 9.47 Å². The van der Waals surface area contributed by atoms with Crippen molar-refractivity contribution >= 4 is 17.4 Å². The summed E-state index contributed by atoms with van der Waals surface area (Å²) in [6.07, 6.45) is 0.588. The van der Waals surface area contributed by atoms with E-state index in [-0.39, 0.29) is 5.91 Å². The van der Waals surface area contributed by atoms with Crippen LogP contribution in [-0.4, -0.2) is 58.4 Å². The fourth-order valence-corrected chi connectivity index (χ4v) is 4.95. The van der Waals surface area contributed by atoms with Crippen molar-refractivity contribution in [1.82, 2.24) is 19.2 Å². The molecule has 0 radical (unpaired) electrons. The molecular formula is C29H30N4O3S. The number of piperazine rings is 1. The Hall–Kier alpha value is -3.75. The maximum absolute atomic E-state index is 13.3. The summed E-state index contributed by atoms with van der Waals surface area (Å²) in [5, 5.41) is 0.458. The number of hydrogen-bond donors (Lipinski definition) is 0. The van der Waals surface area contributed by atoms with E-state index >= 15 is 0 Å². The van der Waals surface area contributed by atoms with Gasteiger partial charge in [-0.05, 0) is 47.9 Å². The number of rotatable bonds is 8. The van der Waals surface area contributed by atoms with Gasteiger partial charge in [-0.25, -0.2) is 0 Å². The van der Waals surface area contributed by atoms with E-state index in [9.17, 15) is 4.79 Å². The quantitative estimate of drug-likeness (QED) is 0.322. The molecule has 0 aliphatic carbocycles. The van der Waals surface area contributed by atoms with E-state index in [1.54, 1.807) is 7.11 Å². The number of benzene rings is 3. The summed E-state index contributed by atoms with van der Waals surface area (Å²) in [4.78, 5) is 22.1. The summed E-state index contributed by atoms with van der Waals surface area (Å²) in [7, 11) is 1.65. The van der Waals surface area contributed by atoms with E-state index in [1.807, 2.05) is 60.4 Å². The third-order valence-electron chi connectivity index (χ3n) is 6.49. The van der Waals surface area contributed by atoms with Gasteiger partial charge in [0.25, 0.3) is 11.1 Å². The van der Waals surface area contributed by atoms with Crippen LogP contribution in [0.4, 0.5) is 0 Å². The summed E-state index contributed by atoms with van der Waals surface area (Å²) in [6, 6.07) is 23.9. The van der Waals surface area contributed by atoms with Gasteiger partial charge in [0.15, 0.2) is 5.82 Å². The van der Waals surface area contributed by atoms with Gasteiger partial charge in [-0.1, -0.05) is 48.5 Å². The van der Waals surface area contributed by atoms with Crippen LogP contribution in [0.1, 0.15) is 32.9 Å². The summed E-state index contributed by atoms with van der Waals surface area (Å²) in [5.74, 6) is 2.14. The first-order chi connectivity index (χ1) is 18.1. The highest BCUT2D eigenvalue weighted by Crippen LogP contribution is 2.29. The van der Waals surface area contributed by atoms with Crippen LogP contribution < -0.4 is 9.47 Å². The zero-order chi connectivity index (χ0) is 25.6. The number of hydrogen-bond acceptors (Lipinski definition) is 7. The number of aromatic nitrogens is 2. The Balaban J connectivity index is 1.20. The maximum atomic E-state index is 13.3. The summed E-state index contributed by atoms with van der Waals surface area (Å²) < 4.78 is 15.8. The molecule has 2 heterocycles. The second-order valence-corrected chi connectivity index (χ2v) is 9.86. The zero-order valence-corrected chi connectivity index (χ0v) is 21.9. The molecule has 0 unspecified atom stereocenters. The normalized spacial score (nSPS) is 13.9. The van der Waals surface area contributed by atoms with Crippen molar-refractivity contribution in [2.75, 3.05) is 33.3 Å². The lowest BCUT2D eigenvalue weighted by molar-refractivity contribution is 0.0628. The molecule has 1 aromatic heterocycles.